The molecule has 1 unspecified atom stereocenters. The summed E-state index contributed by atoms with van der Waals surface area (Å²) >= 11 is 6.01. The van der Waals surface area contributed by atoms with E-state index in [-0.39, 0.29) is 30.9 Å². The number of rotatable bonds is 5. The lowest BCUT2D eigenvalue weighted by atomic mass is 10.1. The fraction of sp³-hybridized carbons (Fsp3) is 0.333. The molecule has 1 fully saturated rings. The van der Waals surface area contributed by atoms with Crippen molar-refractivity contribution in [2.24, 2.45) is 0 Å². The number of carbonyl (C=O) groups excluding carboxylic acids is 2. The van der Waals surface area contributed by atoms with Crippen LogP contribution >= 0.6 is 11.6 Å². The summed E-state index contributed by atoms with van der Waals surface area (Å²) in [5.74, 6) is 0.523. The summed E-state index contributed by atoms with van der Waals surface area (Å²) in [6.45, 7) is 3.24. The van der Waals surface area contributed by atoms with Crippen LogP contribution in [0, 0.1) is 0 Å². The second-order valence-corrected chi connectivity index (χ2v) is 6.53. The van der Waals surface area contributed by atoms with Crippen molar-refractivity contribution in [2.45, 2.75) is 19.5 Å². The van der Waals surface area contributed by atoms with Crippen molar-refractivity contribution in [1.29, 1.82) is 0 Å². The molecule has 0 saturated carbocycles. The van der Waals surface area contributed by atoms with Crippen LogP contribution in [0.3, 0.4) is 0 Å². The van der Waals surface area contributed by atoms with Crippen LogP contribution in [0.25, 0.3) is 0 Å². The van der Waals surface area contributed by atoms with E-state index in [0.717, 1.165) is 5.69 Å². The zero-order chi connectivity index (χ0) is 17.8. The van der Waals surface area contributed by atoms with Crippen LogP contribution < -0.4 is 10.2 Å². The minimum absolute atomic E-state index is 0.0424. The van der Waals surface area contributed by atoms with Gasteiger partial charge in [-0.1, -0.05) is 17.7 Å². The molecule has 3 rings (SSSR count). The molecule has 7 heteroatoms. The maximum Gasteiger partial charge on any atom is 0.241 e. The average Bonchev–Trinajstić information content (AvgIpc) is 3.09. The Balaban J connectivity index is 1.56. The first kappa shape index (κ1) is 17.5. The molecular formula is C18H20ClN3O3. The third-order valence-electron chi connectivity index (χ3n) is 4.22. The standard InChI is InChI=1S/C18H20ClN3O3/c1-13-10-22(15-5-2-4-14(19)8-15)18(24)12-21(13)11-17(23)20-9-16-6-3-7-25-16/h2-8,13H,9-12H2,1H3,(H,20,23). The molecule has 0 spiro atoms. The number of carbonyl (C=O) groups is 2. The summed E-state index contributed by atoms with van der Waals surface area (Å²) in [5, 5.41) is 3.40. The SMILES string of the molecule is CC1CN(c2cccc(Cl)c2)C(=O)CN1CC(=O)NCc1ccco1. The van der Waals surface area contributed by atoms with Gasteiger partial charge in [0, 0.05) is 23.3 Å². The second-order valence-electron chi connectivity index (χ2n) is 6.09. The number of nitrogens with zero attached hydrogens (tertiary/aromatic N) is 2. The lowest BCUT2D eigenvalue weighted by Gasteiger charge is -2.39. The summed E-state index contributed by atoms with van der Waals surface area (Å²) in [4.78, 5) is 28.2. The number of amides is 2. The zero-order valence-corrected chi connectivity index (χ0v) is 14.7. The van der Waals surface area contributed by atoms with Crippen LogP contribution in [0.4, 0.5) is 5.69 Å². The minimum Gasteiger partial charge on any atom is -0.467 e. The second kappa shape index (κ2) is 7.72. The number of anilines is 1. The molecule has 1 aliphatic rings. The van der Waals surface area contributed by atoms with Crippen molar-refractivity contribution in [2.75, 3.05) is 24.5 Å². The number of nitrogens with one attached hydrogen (secondary N) is 1. The minimum atomic E-state index is -0.132. The Morgan fingerprint density at radius 3 is 2.92 bits per heavy atom. The first-order valence-corrected chi connectivity index (χ1v) is 8.50. The highest BCUT2D eigenvalue weighted by Gasteiger charge is 2.31. The third-order valence-corrected chi connectivity index (χ3v) is 4.45. The van der Waals surface area contributed by atoms with Crippen LogP contribution in [0.15, 0.2) is 47.1 Å². The molecule has 1 aliphatic heterocycles. The molecule has 2 aromatic rings. The maximum atomic E-state index is 12.5. The Labute approximate surface area is 151 Å². The Hall–Kier alpha value is -2.31. The van der Waals surface area contributed by atoms with Gasteiger partial charge >= 0.3 is 0 Å². The van der Waals surface area contributed by atoms with Crippen LogP contribution in [0.2, 0.25) is 5.02 Å². The van der Waals surface area contributed by atoms with Gasteiger partial charge in [0.1, 0.15) is 5.76 Å². The predicted molar refractivity (Wildman–Crippen MR) is 95.4 cm³/mol. The van der Waals surface area contributed by atoms with Crippen LogP contribution in [-0.4, -0.2) is 42.4 Å². The van der Waals surface area contributed by atoms with Crippen molar-refractivity contribution >= 4 is 29.1 Å². The maximum absolute atomic E-state index is 12.5. The highest BCUT2D eigenvalue weighted by atomic mass is 35.5. The van der Waals surface area contributed by atoms with Crippen molar-refractivity contribution in [3.8, 4) is 0 Å². The van der Waals surface area contributed by atoms with E-state index >= 15 is 0 Å². The van der Waals surface area contributed by atoms with E-state index in [1.165, 1.54) is 0 Å². The van der Waals surface area contributed by atoms with E-state index < -0.39 is 0 Å². The van der Waals surface area contributed by atoms with Gasteiger partial charge in [0.05, 0.1) is 25.9 Å². The normalized spacial score (nSPS) is 18.4. The molecular weight excluding hydrogens is 342 g/mol. The topological polar surface area (TPSA) is 65.8 Å². The number of benzene rings is 1. The van der Waals surface area contributed by atoms with Gasteiger partial charge in [-0.15, -0.1) is 0 Å². The van der Waals surface area contributed by atoms with E-state index in [1.807, 2.05) is 24.0 Å². The molecule has 1 aromatic heterocycles. The molecule has 1 saturated heterocycles. The van der Waals surface area contributed by atoms with Crippen molar-refractivity contribution < 1.29 is 14.0 Å². The van der Waals surface area contributed by atoms with Crippen LogP contribution in [0.5, 0.6) is 0 Å². The highest BCUT2D eigenvalue weighted by Crippen LogP contribution is 2.23. The van der Waals surface area contributed by atoms with Crippen LogP contribution in [-0.2, 0) is 16.1 Å². The average molecular weight is 362 g/mol. The molecule has 132 valence electrons. The van der Waals surface area contributed by atoms with Crippen molar-refractivity contribution in [3.63, 3.8) is 0 Å². The number of hydrogen-bond donors (Lipinski definition) is 1. The third kappa shape index (κ3) is 4.41. The Bertz CT molecular complexity index is 748. The van der Waals surface area contributed by atoms with Gasteiger partial charge in [-0.2, -0.15) is 0 Å². The van der Waals surface area contributed by atoms with Gasteiger partial charge in [0.15, 0.2) is 0 Å². The fourth-order valence-corrected chi connectivity index (χ4v) is 3.03. The molecule has 1 aromatic carbocycles. The van der Waals surface area contributed by atoms with E-state index in [2.05, 4.69) is 5.32 Å². The molecule has 2 amide bonds. The van der Waals surface area contributed by atoms with Gasteiger partial charge in [0.25, 0.3) is 0 Å². The first-order chi connectivity index (χ1) is 12.0. The molecule has 0 bridgehead atoms. The Kier molecular flexibility index (Phi) is 5.40. The Morgan fingerprint density at radius 1 is 1.36 bits per heavy atom. The molecule has 6 nitrogen and oxygen atoms in total. The van der Waals surface area contributed by atoms with Gasteiger partial charge in [-0.25, -0.2) is 0 Å². The molecule has 1 atom stereocenters. The number of furan rings is 1. The summed E-state index contributed by atoms with van der Waals surface area (Å²) in [6, 6.07) is 10.9. The molecule has 25 heavy (non-hydrogen) atoms. The van der Waals surface area contributed by atoms with Crippen molar-refractivity contribution in [3.05, 3.63) is 53.4 Å². The molecule has 1 N–H and O–H groups in total. The number of halogens is 1. The highest BCUT2D eigenvalue weighted by molar-refractivity contribution is 6.30. The number of hydrogen-bond acceptors (Lipinski definition) is 4. The van der Waals surface area contributed by atoms with E-state index in [0.29, 0.717) is 23.9 Å². The monoisotopic (exact) mass is 361 g/mol. The van der Waals surface area contributed by atoms with Gasteiger partial charge in [0.2, 0.25) is 11.8 Å². The quantitative estimate of drug-likeness (QED) is 0.887. The molecule has 0 aliphatic carbocycles. The smallest absolute Gasteiger partial charge is 0.241 e. The zero-order valence-electron chi connectivity index (χ0n) is 13.9. The first-order valence-electron chi connectivity index (χ1n) is 8.12. The van der Waals surface area contributed by atoms with Gasteiger partial charge < -0.3 is 14.6 Å². The van der Waals surface area contributed by atoms with Crippen LogP contribution in [0.1, 0.15) is 12.7 Å². The molecule has 2 heterocycles. The van der Waals surface area contributed by atoms with E-state index in [4.69, 9.17) is 16.0 Å². The summed E-state index contributed by atoms with van der Waals surface area (Å²) in [6.07, 6.45) is 1.57. The fourth-order valence-electron chi connectivity index (χ4n) is 2.84. The summed E-state index contributed by atoms with van der Waals surface area (Å²) in [5.41, 5.74) is 0.784. The van der Waals surface area contributed by atoms with E-state index in [1.54, 1.807) is 35.4 Å². The molecule has 0 radical (unpaired) electrons. The van der Waals surface area contributed by atoms with Gasteiger partial charge in [-0.3, -0.25) is 14.5 Å². The Morgan fingerprint density at radius 2 is 2.20 bits per heavy atom. The van der Waals surface area contributed by atoms with Crippen molar-refractivity contribution in [1.82, 2.24) is 10.2 Å². The lowest BCUT2D eigenvalue weighted by Crippen LogP contribution is -2.57. The summed E-state index contributed by atoms with van der Waals surface area (Å²) < 4.78 is 5.18. The number of piperazine rings is 1. The largest absolute Gasteiger partial charge is 0.467 e. The summed E-state index contributed by atoms with van der Waals surface area (Å²) in [7, 11) is 0. The predicted octanol–water partition coefficient (Wildman–Crippen LogP) is 2.29. The lowest BCUT2D eigenvalue weighted by molar-refractivity contribution is -0.126. The van der Waals surface area contributed by atoms with E-state index in [9.17, 15) is 9.59 Å². The van der Waals surface area contributed by atoms with Gasteiger partial charge in [-0.05, 0) is 37.3 Å².